The highest BCUT2D eigenvalue weighted by molar-refractivity contribution is 5.82. The van der Waals surface area contributed by atoms with Gasteiger partial charge < -0.3 is 0 Å². The quantitative estimate of drug-likeness (QED) is 0.193. The minimum absolute atomic E-state index is 0.0746. The third kappa shape index (κ3) is 7.71. The van der Waals surface area contributed by atoms with Crippen molar-refractivity contribution in [3.8, 4) is 23.3 Å². The van der Waals surface area contributed by atoms with Gasteiger partial charge in [0.25, 0.3) is 0 Å². The highest BCUT2D eigenvalue weighted by Gasteiger charge is 2.42. The molecule has 2 nitrogen and oxygen atoms in total. The molecule has 0 atom stereocenters. The summed E-state index contributed by atoms with van der Waals surface area (Å²) in [6, 6.07) is 17.3. The summed E-state index contributed by atoms with van der Waals surface area (Å²) in [5.41, 5.74) is 6.65. The molecule has 0 saturated carbocycles. The van der Waals surface area contributed by atoms with Gasteiger partial charge in [-0.3, -0.25) is 0 Å². The largest absolute Gasteiger partial charge is 0.192 e. The Balaban J connectivity index is 1.78. The Hall–Kier alpha value is -2.58. The van der Waals surface area contributed by atoms with Crippen molar-refractivity contribution >= 4 is 0 Å². The number of nitrogens with zero attached hydrogens (tertiary/aromatic N) is 2. The number of nitriles is 2. The van der Waals surface area contributed by atoms with Crippen LogP contribution >= 0.6 is 0 Å². The third-order valence-electron chi connectivity index (χ3n) is 8.53. The number of unbranched alkanes of at least 4 members (excludes halogenated alkanes) is 14. The first-order chi connectivity index (χ1) is 18.2. The molecule has 0 saturated heterocycles. The summed E-state index contributed by atoms with van der Waals surface area (Å²) in [5.74, 6) is 0. The van der Waals surface area contributed by atoms with E-state index in [1.807, 2.05) is 12.1 Å². The highest BCUT2D eigenvalue weighted by atomic mass is 14.5. The first kappa shape index (κ1) is 29.0. The van der Waals surface area contributed by atoms with E-state index in [1.165, 1.54) is 125 Å². The number of benzene rings is 2. The van der Waals surface area contributed by atoms with Crippen LogP contribution in [-0.4, -0.2) is 0 Å². The Kier molecular flexibility index (Phi) is 12.2. The molecule has 198 valence electrons. The van der Waals surface area contributed by atoms with Crippen molar-refractivity contribution in [1.82, 2.24) is 0 Å². The molecular weight excluding hydrogens is 448 g/mol. The van der Waals surface area contributed by atoms with Gasteiger partial charge in [0.1, 0.15) is 0 Å². The molecule has 2 heteroatoms. The van der Waals surface area contributed by atoms with Crippen LogP contribution in [0.2, 0.25) is 0 Å². The number of hydrogen-bond acceptors (Lipinski definition) is 2. The smallest absolute Gasteiger partial charge is 0.0991 e. The standard InChI is InChI=1S/C35H48N2/c1-3-5-7-9-11-13-15-17-23-35(24-18-16-14-12-10-8-6-4-2)33-25-29(27-36)19-21-31(33)32-22-20-30(28-37)26-34(32)35/h19-22,25-26H,3-18,23-24H2,1-2H3. The Morgan fingerprint density at radius 1 is 0.514 bits per heavy atom. The molecule has 0 aliphatic heterocycles. The van der Waals surface area contributed by atoms with Crippen LogP contribution in [-0.2, 0) is 5.41 Å². The molecule has 0 fully saturated rings. The molecule has 0 N–H and O–H groups in total. The third-order valence-corrected chi connectivity index (χ3v) is 8.53. The summed E-state index contributed by atoms with van der Waals surface area (Å²) in [5, 5.41) is 19.4. The van der Waals surface area contributed by atoms with Crippen LogP contribution in [0.5, 0.6) is 0 Å². The minimum Gasteiger partial charge on any atom is -0.192 e. The van der Waals surface area contributed by atoms with Crippen molar-refractivity contribution in [1.29, 1.82) is 10.5 Å². The number of hydrogen-bond donors (Lipinski definition) is 0. The molecule has 2 aromatic carbocycles. The Morgan fingerprint density at radius 3 is 1.22 bits per heavy atom. The molecule has 0 spiro atoms. The molecule has 1 aliphatic carbocycles. The van der Waals surface area contributed by atoms with E-state index < -0.39 is 0 Å². The van der Waals surface area contributed by atoms with Gasteiger partial charge in [-0.1, -0.05) is 129 Å². The van der Waals surface area contributed by atoms with Crippen molar-refractivity contribution in [3.63, 3.8) is 0 Å². The second-order valence-corrected chi connectivity index (χ2v) is 11.3. The lowest BCUT2D eigenvalue weighted by molar-refractivity contribution is 0.397. The van der Waals surface area contributed by atoms with Gasteiger partial charge in [0.2, 0.25) is 0 Å². The average molecular weight is 497 g/mol. The monoisotopic (exact) mass is 496 g/mol. The topological polar surface area (TPSA) is 47.6 Å². The summed E-state index contributed by atoms with van der Waals surface area (Å²) >= 11 is 0. The normalized spacial score (nSPS) is 13.1. The predicted molar refractivity (Wildman–Crippen MR) is 157 cm³/mol. The highest BCUT2D eigenvalue weighted by Crippen LogP contribution is 2.54. The van der Waals surface area contributed by atoms with Crippen LogP contribution < -0.4 is 0 Å². The summed E-state index contributed by atoms with van der Waals surface area (Å²) < 4.78 is 0. The summed E-state index contributed by atoms with van der Waals surface area (Å²) in [7, 11) is 0. The minimum atomic E-state index is -0.0746. The van der Waals surface area contributed by atoms with E-state index in [-0.39, 0.29) is 5.41 Å². The van der Waals surface area contributed by atoms with Gasteiger partial charge in [0.05, 0.1) is 23.3 Å². The van der Waals surface area contributed by atoms with Gasteiger partial charge in [-0.25, -0.2) is 0 Å². The van der Waals surface area contributed by atoms with Gasteiger partial charge in [0.15, 0.2) is 0 Å². The molecule has 0 aromatic heterocycles. The zero-order chi connectivity index (χ0) is 26.3. The molecule has 0 heterocycles. The molecule has 2 aromatic rings. The lowest BCUT2D eigenvalue weighted by Crippen LogP contribution is -2.26. The second-order valence-electron chi connectivity index (χ2n) is 11.3. The molecule has 3 rings (SSSR count). The fraction of sp³-hybridized carbons (Fsp3) is 0.600. The van der Waals surface area contributed by atoms with Gasteiger partial charge in [0, 0.05) is 5.41 Å². The van der Waals surface area contributed by atoms with E-state index in [1.54, 1.807) is 0 Å². The fourth-order valence-corrected chi connectivity index (χ4v) is 6.42. The molecule has 0 bridgehead atoms. The van der Waals surface area contributed by atoms with Crippen molar-refractivity contribution in [2.45, 2.75) is 135 Å². The van der Waals surface area contributed by atoms with Gasteiger partial charge in [-0.15, -0.1) is 0 Å². The van der Waals surface area contributed by atoms with Crippen LogP contribution in [0.15, 0.2) is 36.4 Å². The predicted octanol–water partition coefficient (Wildman–Crippen LogP) is 10.8. The SMILES string of the molecule is CCCCCCCCCCC1(CCCCCCCCCC)c2cc(C#N)ccc2-c2ccc(C#N)cc21. The Morgan fingerprint density at radius 2 is 0.865 bits per heavy atom. The fourth-order valence-electron chi connectivity index (χ4n) is 6.42. The summed E-state index contributed by atoms with van der Waals surface area (Å²) in [4.78, 5) is 0. The summed E-state index contributed by atoms with van der Waals surface area (Å²) in [6.45, 7) is 4.55. The maximum atomic E-state index is 9.71. The second kappa shape index (κ2) is 15.6. The van der Waals surface area contributed by atoms with E-state index in [0.29, 0.717) is 0 Å². The molecule has 0 unspecified atom stereocenters. The Labute approximate surface area is 227 Å². The first-order valence-electron chi connectivity index (χ1n) is 15.3. The van der Waals surface area contributed by atoms with E-state index in [9.17, 15) is 10.5 Å². The van der Waals surface area contributed by atoms with E-state index in [4.69, 9.17) is 0 Å². The van der Waals surface area contributed by atoms with Crippen LogP contribution in [0.4, 0.5) is 0 Å². The van der Waals surface area contributed by atoms with E-state index in [2.05, 4.69) is 50.3 Å². The summed E-state index contributed by atoms with van der Waals surface area (Å²) in [6.07, 6.45) is 23.3. The van der Waals surface area contributed by atoms with Crippen LogP contribution in [0.25, 0.3) is 11.1 Å². The first-order valence-corrected chi connectivity index (χ1v) is 15.3. The van der Waals surface area contributed by atoms with Gasteiger partial charge in [-0.05, 0) is 59.4 Å². The lowest BCUT2D eigenvalue weighted by Gasteiger charge is -2.33. The lowest BCUT2D eigenvalue weighted by atomic mass is 9.70. The molecule has 1 aliphatic rings. The maximum Gasteiger partial charge on any atom is 0.0991 e. The zero-order valence-electron chi connectivity index (χ0n) is 23.6. The van der Waals surface area contributed by atoms with Crippen molar-refractivity contribution < 1.29 is 0 Å². The molecular formula is C35H48N2. The van der Waals surface area contributed by atoms with E-state index >= 15 is 0 Å². The average Bonchev–Trinajstić information content (AvgIpc) is 3.20. The van der Waals surface area contributed by atoms with Crippen LogP contribution in [0, 0.1) is 22.7 Å². The van der Waals surface area contributed by atoms with E-state index in [0.717, 1.165) is 24.0 Å². The molecule has 37 heavy (non-hydrogen) atoms. The molecule has 0 amide bonds. The van der Waals surface area contributed by atoms with Crippen LogP contribution in [0.1, 0.15) is 152 Å². The van der Waals surface area contributed by atoms with Gasteiger partial charge in [-0.2, -0.15) is 10.5 Å². The van der Waals surface area contributed by atoms with Crippen molar-refractivity contribution in [2.24, 2.45) is 0 Å². The van der Waals surface area contributed by atoms with Crippen LogP contribution in [0.3, 0.4) is 0 Å². The zero-order valence-corrected chi connectivity index (χ0v) is 23.6. The van der Waals surface area contributed by atoms with Gasteiger partial charge >= 0.3 is 0 Å². The number of rotatable bonds is 18. The number of fused-ring (bicyclic) bond motifs is 3. The van der Waals surface area contributed by atoms with Crippen molar-refractivity contribution in [2.75, 3.05) is 0 Å². The van der Waals surface area contributed by atoms with Crippen molar-refractivity contribution in [3.05, 3.63) is 58.7 Å². The Bertz CT molecular complexity index is 966. The maximum absolute atomic E-state index is 9.71. The molecule has 0 radical (unpaired) electrons.